The Bertz CT molecular complexity index is 1230. The number of benzene rings is 1. The zero-order chi connectivity index (χ0) is 21.3. The quantitative estimate of drug-likeness (QED) is 0.416. The molecule has 8 heteroatoms. The SMILES string of the molecule is CC(OCn1ccc2c(-c3noc(-c4cccc(C#N)c4)n3)ccnc21)[Si](C)(C)C. The van der Waals surface area contributed by atoms with Crippen molar-refractivity contribution in [3.63, 3.8) is 0 Å². The van der Waals surface area contributed by atoms with Crippen LogP contribution in [0.2, 0.25) is 19.6 Å². The maximum atomic E-state index is 9.10. The Kier molecular flexibility index (Phi) is 5.24. The van der Waals surface area contributed by atoms with Crippen molar-refractivity contribution in [1.29, 1.82) is 5.26 Å². The van der Waals surface area contributed by atoms with Crippen LogP contribution in [0.4, 0.5) is 0 Å². The van der Waals surface area contributed by atoms with E-state index in [1.807, 2.05) is 29.0 Å². The molecule has 0 aliphatic carbocycles. The number of rotatable bonds is 6. The van der Waals surface area contributed by atoms with Crippen molar-refractivity contribution in [2.45, 2.75) is 39.0 Å². The summed E-state index contributed by atoms with van der Waals surface area (Å²) in [6, 6.07) is 13.1. The minimum atomic E-state index is -1.37. The Morgan fingerprint density at radius 2 is 2.07 bits per heavy atom. The Balaban J connectivity index is 1.64. The summed E-state index contributed by atoms with van der Waals surface area (Å²) in [5.74, 6) is 0.854. The second kappa shape index (κ2) is 7.86. The van der Waals surface area contributed by atoms with Gasteiger partial charge in [0.25, 0.3) is 5.89 Å². The lowest BCUT2D eigenvalue weighted by atomic mass is 10.1. The highest BCUT2D eigenvalue weighted by molar-refractivity contribution is 6.77. The number of nitriles is 1. The number of ether oxygens (including phenoxy) is 1. The number of aromatic nitrogens is 4. The number of hydrogen-bond donors (Lipinski definition) is 0. The standard InChI is InChI=1S/C22H23N5O2Si/c1-15(30(2,3)4)28-14-27-11-9-19-18(8-10-24-21(19)27)20-25-22(29-26-20)17-7-5-6-16(12-17)13-23/h5-12,15H,14H2,1-4H3. The van der Waals surface area contributed by atoms with Crippen LogP contribution in [0.15, 0.2) is 53.3 Å². The van der Waals surface area contributed by atoms with Gasteiger partial charge in [-0.1, -0.05) is 30.9 Å². The summed E-state index contributed by atoms with van der Waals surface area (Å²) in [6.45, 7) is 9.47. The van der Waals surface area contributed by atoms with E-state index in [1.54, 1.807) is 24.4 Å². The molecule has 0 radical (unpaired) electrons. The molecule has 4 rings (SSSR count). The van der Waals surface area contributed by atoms with Gasteiger partial charge < -0.3 is 13.8 Å². The Morgan fingerprint density at radius 1 is 1.23 bits per heavy atom. The molecule has 7 nitrogen and oxygen atoms in total. The van der Waals surface area contributed by atoms with E-state index in [-0.39, 0.29) is 5.73 Å². The molecule has 4 aromatic rings. The fourth-order valence-corrected chi connectivity index (χ4v) is 3.58. The van der Waals surface area contributed by atoms with Crippen LogP contribution in [0.5, 0.6) is 0 Å². The predicted octanol–water partition coefficient (Wildman–Crippen LogP) is 4.86. The summed E-state index contributed by atoms with van der Waals surface area (Å²) < 4.78 is 13.5. The van der Waals surface area contributed by atoms with Crippen LogP contribution in [0, 0.1) is 11.3 Å². The third kappa shape index (κ3) is 3.90. The predicted molar refractivity (Wildman–Crippen MR) is 117 cm³/mol. The topological polar surface area (TPSA) is 89.8 Å². The van der Waals surface area contributed by atoms with Gasteiger partial charge in [0.2, 0.25) is 5.82 Å². The van der Waals surface area contributed by atoms with E-state index in [0.717, 1.165) is 16.6 Å². The molecule has 1 unspecified atom stereocenters. The Labute approximate surface area is 175 Å². The first kappa shape index (κ1) is 20.0. The molecule has 0 saturated carbocycles. The van der Waals surface area contributed by atoms with Crippen LogP contribution in [0.1, 0.15) is 12.5 Å². The van der Waals surface area contributed by atoms with Crippen molar-refractivity contribution in [1.82, 2.24) is 19.7 Å². The highest BCUT2D eigenvalue weighted by Gasteiger charge is 2.23. The Morgan fingerprint density at radius 3 is 2.83 bits per heavy atom. The molecule has 0 saturated heterocycles. The lowest BCUT2D eigenvalue weighted by Crippen LogP contribution is -2.38. The van der Waals surface area contributed by atoms with E-state index in [4.69, 9.17) is 14.5 Å². The largest absolute Gasteiger partial charge is 0.361 e. The van der Waals surface area contributed by atoms with Crippen LogP contribution in [0.25, 0.3) is 33.9 Å². The average Bonchev–Trinajstić information content (AvgIpc) is 3.38. The highest BCUT2D eigenvalue weighted by Crippen LogP contribution is 2.28. The van der Waals surface area contributed by atoms with Crippen molar-refractivity contribution in [3.8, 4) is 28.9 Å². The lowest BCUT2D eigenvalue weighted by Gasteiger charge is -2.25. The zero-order valence-electron chi connectivity index (χ0n) is 17.5. The first-order valence-corrected chi connectivity index (χ1v) is 13.3. The number of hydrogen-bond acceptors (Lipinski definition) is 6. The summed E-state index contributed by atoms with van der Waals surface area (Å²) in [6.07, 6.45) is 3.71. The van der Waals surface area contributed by atoms with Gasteiger partial charge in [0.05, 0.1) is 19.7 Å². The van der Waals surface area contributed by atoms with Gasteiger partial charge in [0, 0.05) is 34.6 Å². The van der Waals surface area contributed by atoms with Crippen molar-refractivity contribution >= 4 is 19.1 Å². The van der Waals surface area contributed by atoms with Crippen molar-refractivity contribution in [2.24, 2.45) is 0 Å². The molecule has 3 heterocycles. The Hall–Kier alpha value is -3.28. The van der Waals surface area contributed by atoms with Gasteiger partial charge in [-0.3, -0.25) is 0 Å². The fourth-order valence-electron chi connectivity index (χ4n) is 3.00. The van der Waals surface area contributed by atoms with Gasteiger partial charge in [0.15, 0.2) is 0 Å². The second-order valence-corrected chi connectivity index (χ2v) is 13.8. The van der Waals surface area contributed by atoms with E-state index < -0.39 is 8.07 Å². The first-order valence-electron chi connectivity index (χ1n) is 9.77. The van der Waals surface area contributed by atoms with Gasteiger partial charge >= 0.3 is 0 Å². The first-order chi connectivity index (χ1) is 14.4. The molecule has 0 spiro atoms. The van der Waals surface area contributed by atoms with Gasteiger partial charge in [-0.25, -0.2) is 4.98 Å². The van der Waals surface area contributed by atoms with Gasteiger partial charge in [0.1, 0.15) is 12.4 Å². The summed E-state index contributed by atoms with van der Waals surface area (Å²) >= 11 is 0. The van der Waals surface area contributed by atoms with Crippen molar-refractivity contribution in [3.05, 3.63) is 54.4 Å². The summed E-state index contributed by atoms with van der Waals surface area (Å²) in [5, 5.41) is 14.2. The average molecular weight is 418 g/mol. The molecule has 152 valence electrons. The monoisotopic (exact) mass is 417 g/mol. The molecule has 0 fully saturated rings. The minimum Gasteiger partial charge on any atom is -0.361 e. The summed E-state index contributed by atoms with van der Waals surface area (Å²) in [7, 11) is -1.37. The lowest BCUT2D eigenvalue weighted by molar-refractivity contribution is 0.0590. The molecule has 0 bridgehead atoms. The van der Waals surface area contributed by atoms with Crippen LogP contribution < -0.4 is 0 Å². The van der Waals surface area contributed by atoms with Gasteiger partial charge in [-0.05, 0) is 37.3 Å². The molecule has 0 N–H and O–H groups in total. The van der Waals surface area contributed by atoms with E-state index >= 15 is 0 Å². The molecule has 1 aromatic carbocycles. The fraction of sp³-hybridized carbons (Fsp3) is 0.273. The third-order valence-electron chi connectivity index (χ3n) is 5.25. The number of fused-ring (bicyclic) bond motifs is 1. The van der Waals surface area contributed by atoms with Crippen LogP contribution in [-0.4, -0.2) is 33.5 Å². The minimum absolute atomic E-state index is 0.238. The number of nitrogens with zero attached hydrogens (tertiary/aromatic N) is 5. The van der Waals surface area contributed by atoms with Gasteiger partial charge in [-0.15, -0.1) is 0 Å². The van der Waals surface area contributed by atoms with Crippen LogP contribution in [-0.2, 0) is 11.5 Å². The van der Waals surface area contributed by atoms with Crippen molar-refractivity contribution in [2.75, 3.05) is 0 Å². The molecular weight excluding hydrogens is 394 g/mol. The molecule has 3 aromatic heterocycles. The molecule has 1 atom stereocenters. The van der Waals surface area contributed by atoms with E-state index in [1.165, 1.54) is 0 Å². The molecule has 0 aliphatic rings. The zero-order valence-corrected chi connectivity index (χ0v) is 18.5. The summed E-state index contributed by atoms with van der Waals surface area (Å²) in [5.41, 5.74) is 3.14. The maximum Gasteiger partial charge on any atom is 0.258 e. The normalized spacial score (nSPS) is 12.8. The molecule has 30 heavy (non-hydrogen) atoms. The van der Waals surface area contributed by atoms with E-state index in [2.05, 4.69) is 47.8 Å². The smallest absolute Gasteiger partial charge is 0.258 e. The van der Waals surface area contributed by atoms with E-state index in [0.29, 0.717) is 29.6 Å². The maximum absolute atomic E-state index is 9.10. The number of pyridine rings is 1. The van der Waals surface area contributed by atoms with Crippen LogP contribution in [0.3, 0.4) is 0 Å². The van der Waals surface area contributed by atoms with Crippen molar-refractivity contribution < 1.29 is 9.26 Å². The molecule has 0 amide bonds. The molecular formula is C22H23N5O2Si. The molecule has 0 aliphatic heterocycles. The summed E-state index contributed by atoms with van der Waals surface area (Å²) in [4.78, 5) is 9.07. The van der Waals surface area contributed by atoms with Crippen LogP contribution >= 0.6 is 0 Å². The third-order valence-corrected chi connectivity index (χ3v) is 7.86. The van der Waals surface area contributed by atoms with E-state index in [9.17, 15) is 0 Å². The highest BCUT2D eigenvalue weighted by atomic mass is 28.3. The van der Waals surface area contributed by atoms with Gasteiger partial charge in [-0.2, -0.15) is 10.2 Å². The second-order valence-electron chi connectivity index (χ2n) is 8.30.